The molecule has 0 radical (unpaired) electrons. The Bertz CT molecular complexity index is 480. The van der Waals surface area contributed by atoms with E-state index in [1.807, 2.05) is 0 Å². The molecule has 0 aliphatic carbocycles. The maximum atomic E-state index is 12.1. The lowest BCUT2D eigenvalue weighted by Gasteiger charge is -2.29. The number of fused-ring (bicyclic) bond motifs is 1. The summed E-state index contributed by atoms with van der Waals surface area (Å²) < 4.78 is 5.03. The molecular formula is C11H12N2O3. The molecule has 0 saturated heterocycles. The lowest BCUT2D eigenvalue weighted by molar-refractivity contribution is -0.122. The number of hydrogen-bond acceptors (Lipinski definition) is 4. The van der Waals surface area contributed by atoms with Crippen molar-refractivity contribution >= 4 is 17.4 Å². The molecule has 0 aromatic carbocycles. The molecule has 1 aromatic heterocycles. The predicted octanol–water partition coefficient (Wildman–Crippen LogP) is 1.25. The first kappa shape index (κ1) is 10.6. The smallest absolute Gasteiger partial charge is 0.237 e. The number of ketones is 1. The Morgan fingerprint density at radius 1 is 1.38 bits per heavy atom. The Hall–Kier alpha value is -1.91. The molecule has 0 saturated carbocycles. The third-order valence-corrected chi connectivity index (χ3v) is 2.72. The van der Waals surface area contributed by atoms with Crippen molar-refractivity contribution in [2.75, 3.05) is 12.4 Å². The zero-order valence-electron chi connectivity index (χ0n) is 9.33. The van der Waals surface area contributed by atoms with Crippen molar-refractivity contribution in [3.8, 4) is 5.88 Å². The van der Waals surface area contributed by atoms with Crippen molar-refractivity contribution in [2.24, 2.45) is 5.41 Å². The van der Waals surface area contributed by atoms with Gasteiger partial charge in [-0.3, -0.25) is 9.59 Å². The van der Waals surface area contributed by atoms with Gasteiger partial charge in [-0.15, -0.1) is 0 Å². The lowest BCUT2D eigenvalue weighted by Crippen LogP contribution is -2.42. The molecule has 2 heterocycles. The third-order valence-electron chi connectivity index (χ3n) is 2.72. The molecule has 84 valence electrons. The van der Waals surface area contributed by atoms with Crippen molar-refractivity contribution in [3.05, 3.63) is 17.8 Å². The van der Waals surface area contributed by atoms with Crippen LogP contribution in [0.25, 0.3) is 0 Å². The normalized spacial score (nSPS) is 17.7. The van der Waals surface area contributed by atoms with E-state index in [9.17, 15) is 9.59 Å². The number of aromatic nitrogens is 1. The fourth-order valence-corrected chi connectivity index (χ4v) is 1.62. The first-order valence-electron chi connectivity index (χ1n) is 4.87. The average molecular weight is 220 g/mol. The maximum Gasteiger partial charge on any atom is 0.237 e. The van der Waals surface area contributed by atoms with Crippen LogP contribution in [0.2, 0.25) is 0 Å². The van der Waals surface area contributed by atoms with E-state index >= 15 is 0 Å². The number of Topliss-reactive ketones (excluding diaryl/α,β-unsaturated/α-hetero) is 1. The van der Waals surface area contributed by atoms with Crippen LogP contribution in [0.5, 0.6) is 5.88 Å². The van der Waals surface area contributed by atoms with Gasteiger partial charge in [-0.2, -0.15) is 0 Å². The first-order valence-corrected chi connectivity index (χ1v) is 4.87. The van der Waals surface area contributed by atoms with Crippen molar-refractivity contribution in [3.63, 3.8) is 0 Å². The summed E-state index contributed by atoms with van der Waals surface area (Å²) in [5.41, 5.74) is -0.278. The Morgan fingerprint density at radius 3 is 2.69 bits per heavy atom. The van der Waals surface area contributed by atoms with Crippen molar-refractivity contribution in [2.45, 2.75) is 13.8 Å². The molecule has 0 atom stereocenters. The number of carbonyl (C=O) groups excluding carboxylic acids is 2. The summed E-state index contributed by atoms with van der Waals surface area (Å²) in [5, 5.41) is 2.68. The minimum absolute atomic E-state index is 0.246. The maximum absolute atomic E-state index is 12.1. The summed E-state index contributed by atoms with van der Waals surface area (Å²) in [6.07, 6.45) is 1.49. The van der Waals surface area contributed by atoms with E-state index < -0.39 is 5.41 Å². The molecule has 1 amide bonds. The van der Waals surface area contributed by atoms with Gasteiger partial charge in [0.1, 0.15) is 11.0 Å². The molecule has 1 aliphatic rings. The van der Waals surface area contributed by atoms with Gasteiger partial charge < -0.3 is 10.1 Å². The second-order valence-electron chi connectivity index (χ2n) is 4.15. The summed E-state index contributed by atoms with van der Waals surface area (Å²) in [7, 11) is 1.44. The van der Waals surface area contributed by atoms with E-state index in [4.69, 9.17) is 4.74 Å². The SMILES string of the molecule is COc1nccc2c1C(=O)C(C)(C)C(=O)N2. The van der Waals surface area contributed by atoms with Crippen LogP contribution in [-0.4, -0.2) is 23.8 Å². The van der Waals surface area contributed by atoms with Crippen LogP contribution in [0.4, 0.5) is 5.69 Å². The quantitative estimate of drug-likeness (QED) is 0.723. The van der Waals surface area contributed by atoms with Crippen LogP contribution < -0.4 is 10.1 Å². The molecule has 1 aromatic rings. The zero-order valence-corrected chi connectivity index (χ0v) is 9.33. The standard InChI is InChI=1S/C11H12N2O3/c1-11(2)8(14)7-6(13-10(11)15)4-5-12-9(7)16-3/h4-5H,1-3H3,(H,13,15). The summed E-state index contributed by atoms with van der Waals surface area (Å²) in [6.45, 7) is 3.17. The first-order chi connectivity index (χ1) is 7.48. The van der Waals surface area contributed by atoms with Crippen LogP contribution >= 0.6 is 0 Å². The number of rotatable bonds is 1. The van der Waals surface area contributed by atoms with Crippen molar-refractivity contribution in [1.82, 2.24) is 4.98 Å². The predicted molar refractivity (Wildman–Crippen MR) is 57.5 cm³/mol. The molecule has 0 unspecified atom stereocenters. The number of carbonyl (C=O) groups is 2. The van der Waals surface area contributed by atoms with Gasteiger partial charge in [-0.25, -0.2) is 4.98 Å². The summed E-state index contributed by atoms with van der Waals surface area (Å²) in [4.78, 5) is 27.8. The lowest BCUT2D eigenvalue weighted by atomic mass is 9.80. The summed E-state index contributed by atoms with van der Waals surface area (Å²) in [5.74, 6) is -0.329. The zero-order chi connectivity index (χ0) is 11.9. The molecule has 5 heteroatoms. The fraction of sp³-hybridized carbons (Fsp3) is 0.364. The van der Waals surface area contributed by atoms with Crippen LogP contribution in [0.1, 0.15) is 24.2 Å². The van der Waals surface area contributed by atoms with E-state index in [0.717, 1.165) is 0 Å². The van der Waals surface area contributed by atoms with Crippen LogP contribution in [0.15, 0.2) is 12.3 Å². The summed E-state index contributed by atoms with van der Waals surface area (Å²) in [6, 6.07) is 1.59. The number of ether oxygens (including phenoxy) is 1. The van der Waals surface area contributed by atoms with Crippen molar-refractivity contribution < 1.29 is 14.3 Å². The molecule has 5 nitrogen and oxygen atoms in total. The van der Waals surface area contributed by atoms with Gasteiger partial charge in [-0.1, -0.05) is 0 Å². The molecule has 2 rings (SSSR count). The molecular weight excluding hydrogens is 208 g/mol. The number of methoxy groups -OCH3 is 1. The number of amides is 1. The molecule has 1 aliphatic heterocycles. The number of hydrogen-bond donors (Lipinski definition) is 1. The van der Waals surface area contributed by atoms with Crippen molar-refractivity contribution in [1.29, 1.82) is 0 Å². The van der Waals surface area contributed by atoms with Crippen LogP contribution in [0, 0.1) is 5.41 Å². The monoisotopic (exact) mass is 220 g/mol. The number of anilines is 1. The molecule has 16 heavy (non-hydrogen) atoms. The second kappa shape index (κ2) is 3.30. The van der Waals surface area contributed by atoms with E-state index in [1.165, 1.54) is 13.3 Å². The highest BCUT2D eigenvalue weighted by molar-refractivity contribution is 6.24. The Balaban J connectivity index is 2.66. The third kappa shape index (κ3) is 1.28. The average Bonchev–Trinajstić information content (AvgIpc) is 2.26. The van der Waals surface area contributed by atoms with Gasteiger partial charge in [0.2, 0.25) is 11.8 Å². The fourth-order valence-electron chi connectivity index (χ4n) is 1.62. The topological polar surface area (TPSA) is 68.3 Å². The molecule has 1 N–H and O–H groups in total. The van der Waals surface area contributed by atoms with Gasteiger partial charge in [0.25, 0.3) is 0 Å². The van der Waals surface area contributed by atoms with Gasteiger partial charge in [0, 0.05) is 6.20 Å². The largest absolute Gasteiger partial charge is 0.480 e. The van der Waals surface area contributed by atoms with Gasteiger partial charge in [-0.05, 0) is 19.9 Å². The minimum Gasteiger partial charge on any atom is -0.480 e. The minimum atomic E-state index is -1.08. The highest BCUT2D eigenvalue weighted by Gasteiger charge is 2.43. The van der Waals surface area contributed by atoms with Crippen LogP contribution in [0.3, 0.4) is 0 Å². The highest BCUT2D eigenvalue weighted by Crippen LogP contribution is 2.36. The van der Waals surface area contributed by atoms with E-state index in [-0.39, 0.29) is 17.6 Å². The Kier molecular flexibility index (Phi) is 2.18. The number of nitrogens with one attached hydrogen (secondary N) is 1. The second-order valence-corrected chi connectivity index (χ2v) is 4.15. The van der Waals surface area contributed by atoms with Gasteiger partial charge in [0.15, 0.2) is 5.78 Å². The Morgan fingerprint density at radius 2 is 2.06 bits per heavy atom. The molecule has 0 bridgehead atoms. The number of pyridine rings is 1. The van der Waals surface area contributed by atoms with Gasteiger partial charge >= 0.3 is 0 Å². The Labute approximate surface area is 92.8 Å². The van der Waals surface area contributed by atoms with Gasteiger partial charge in [0.05, 0.1) is 12.8 Å². The molecule has 0 spiro atoms. The summed E-state index contributed by atoms with van der Waals surface area (Å²) >= 11 is 0. The number of nitrogens with zero attached hydrogens (tertiary/aromatic N) is 1. The van der Waals surface area contributed by atoms with E-state index in [1.54, 1.807) is 19.9 Å². The van der Waals surface area contributed by atoms with Crippen LogP contribution in [-0.2, 0) is 4.79 Å². The van der Waals surface area contributed by atoms with E-state index in [2.05, 4.69) is 10.3 Å². The highest BCUT2D eigenvalue weighted by atomic mass is 16.5. The molecule has 0 fully saturated rings. The van der Waals surface area contributed by atoms with E-state index in [0.29, 0.717) is 11.3 Å².